The van der Waals surface area contributed by atoms with E-state index in [2.05, 4.69) is 94.8 Å². The van der Waals surface area contributed by atoms with Crippen LogP contribution in [-0.4, -0.2) is 20.5 Å². The molecule has 0 N–H and O–H groups in total. The average molecular weight is 416 g/mol. The van der Waals surface area contributed by atoms with Gasteiger partial charge in [-0.15, -0.1) is 10.2 Å². The molecule has 0 bridgehead atoms. The summed E-state index contributed by atoms with van der Waals surface area (Å²) in [6.45, 7) is 8.80. The highest BCUT2D eigenvalue weighted by molar-refractivity contribution is 9.10. The van der Waals surface area contributed by atoms with E-state index in [0.717, 1.165) is 32.5 Å². The second-order valence-electron chi connectivity index (χ2n) is 6.88. The van der Waals surface area contributed by atoms with Crippen LogP contribution in [-0.2, 0) is 5.41 Å². The van der Waals surface area contributed by atoms with Gasteiger partial charge < -0.3 is 0 Å². The molecule has 0 aliphatic heterocycles. The summed E-state index contributed by atoms with van der Waals surface area (Å²) in [5.41, 5.74) is 3.60. The van der Waals surface area contributed by atoms with Crippen LogP contribution in [0.5, 0.6) is 0 Å². The fraction of sp³-hybridized carbons (Fsp3) is 0.300. The molecule has 2 aromatic carbocycles. The number of benzene rings is 2. The number of nitrogens with zero attached hydrogens (tertiary/aromatic N) is 3. The van der Waals surface area contributed by atoms with E-state index in [9.17, 15) is 0 Å². The van der Waals surface area contributed by atoms with Crippen LogP contribution in [0.1, 0.15) is 33.3 Å². The highest BCUT2D eigenvalue weighted by Crippen LogP contribution is 2.30. The van der Waals surface area contributed by atoms with Gasteiger partial charge in [0.2, 0.25) is 0 Å². The molecule has 1 heterocycles. The third-order valence-electron chi connectivity index (χ3n) is 4.00. The minimum Gasteiger partial charge on any atom is -0.270 e. The molecule has 3 nitrogen and oxygen atoms in total. The van der Waals surface area contributed by atoms with E-state index in [4.69, 9.17) is 0 Å². The summed E-state index contributed by atoms with van der Waals surface area (Å²) in [4.78, 5) is 0. The van der Waals surface area contributed by atoms with Gasteiger partial charge in [0, 0.05) is 15.7 Å². The quantitative estimate of drug-likeness (QED) is 0.481. The smallest absolute Gasteiger partial charge is 0.196 e. The van der Waals surface area contributed by atoms with E-state index in [-0.39, 0.29) is 5.41 Å². The fourth-order valence-corrected chi connectivity index (χ4v) is 3.56. The van der Waals surface area contributed by atoms with Gasteiger partial charge >= 0.3 is 0 Å². The molecule has 3 aromatic rings. The number of hydrogen-bond acceptors (Lipinski definition) is 3. The van der Waals surface area contributed by atoms with Gasteiger partial charge in [-0.2, -0.15) is 0 Å². The summed E-state index contributed by atoms with van der Waals surface area (Å²) in [5.74, 6) is 1.83. The lowest BCUT2D eigenvalue weighted by molar-refractivity contribution is 0.590. The van der Waals surface area contributed by atoms with Crippen molar-refractivity contribution in [1.82, 2.24) is 14.8 Å². The van der Waals surface area contributed by atoms with Gasteiger partial charge in [0.1, 0.15) is 0 Å². The third-order valence-corrected chi connectivity index (χ3v) is 5.34. The van der Waals surface area contributed by atoms with E-state index in [1.54, 1.807) is 11.8 Å². The van der Waals surface area contributed by atoms with Gasteiger partial charge in [0.05, 0.1) is 0 Å². The molecule has 0 radical (unpaired) electrons. The van der Waals surface area contributed by atoms with Crippen molar-refractivity contribution in [2.45, 2.75) is 38.3 Å². The molecule has 0 amide bonds. The maximum atomic E-state index is 4.48. The van der Waals surface area contributed by atoms with Gasteiger partial charge in [0.25, 0.3) is 0 Å². The number of thioether (sulfide) groups is 1. The summed E-state index contributed by atoms with van der Waals surface area (Å²) < 4.78 is 3.19. The van der Waals surface area contributed by atoms with E-state index in [1.165, 1.54) is 5.56 Å². The second-order valence-corrected chi connectivity index (χ2v) is 9.03. The number of aromatic nitrogens is 3. The zero-order chi connectivity index (χ0) is 18.0. The van der Waals surface area contributed by atoms with E-state index >= 15 is 0 Å². The average Bonchev–Trinajstić information content (AvgIpc) is 2.99. The third kappa shape index (κ3) is 3.98. The Morgan fingerprint density at radius 2 is 1.60 bits per heavy atom. The first-order valence-electron chi connectivity index (χ1n) is 8.35. The van der Waals surface area contributed by atoms with Gasteiger partial charge in [0.15, 0.2) is 11.0 Å². The van der Waals surface area contributed by atoms with Crippen molar-refractivity contribution >= 4 is 27.7 Å². The summed E-state index contributed by atoms with van der Waals surface area (Å²) in [7, 11) is 0. The Labute approximate surface area is 162 Å². The highest BCUT2D eigenvalue weighted by atomic mass is 79.9. The molecule has 0 aliphatic rings. The highest BCUT2D eigenvalue weighted by Gasteiger charge is 2.17. The summed E-state index contributed by atoms with van der Waals surface area (Å²) in [6.07, 6.45) is 0. The predicted octanol–water partition coefficient (Wildman–Crippen LogP) is 6.11. The van der Waals surface area contributed by atoms with Crippen molar-refractivity contribution in [3.8, 4) is 17.1 Å². The fourth-order valence-electron chi connectivity index (χ4n) is 2.62. The Hall–Kier alpha value is -1.59. The van der Waals surface area contributed by atoms with Crippen molar-refractivity contribution in [2.24, 2.45) is 0 Å². The zero-order valence-corrected chi connectivity index (χ0v) is 17.4. The zero-order valence-electron chi connectivity index (χ0n) is 15.0. The minimum absolute atomic E-state index is 0.140. The molecular weight excluding hydrogens is 394 g/mol. The first-order valence-corrected chi connectivity index (χ1v) is 10.1. The predicted molar refractivity (Wildman–Crippen MR) is 110 cm³/mol. The van der Waals surface area contributed by atoms with Crippen molar-refractivity contribution in [3.63, 3.8) is 0 Å². The van der Waals surface area contributed by atoms with Crippen LogP contribution in [0.25, 0.3) is 17.1 Å². The summed E-state index contributed by atoms with van der Waals surface area (Å²) in [6, 6.07) is 16.9. The Morgan fingerprint density at radius 3 is 2.16 bits per heavy atom. The van der Waals surface area contributed by atoms with Gasteiger partial charge in [-0.1, -0.05) is 79.7 Å². The molecule has 25 heavy (non-hydrogen) atoms. The number of rotatable bonds is 4. The lowest BCUT2D eigenvalue weighted by Gasteiger charge is -2.19. The molecule has 3 rings (SSSR count). The van der Waals surface area contributed by atoms with Crippen LogP contribution in [0.3, 0.4) is 0 Å². The molecule has 5 heteroatoms. The van der Waals surface area contributed by atoms with Crippen LogP contribution in [0, 0.1) is 0 Å². The Bertz CT molecular complexity index is 846. The van der Waals surface area contributed by atoms with Crippen LogP contribution >= 0.6 is 27.7 Å². The topological polar surface area (TPSA) is 30.7 Å². The molecule has 0 fully saturated rings. The molecule has 0 unspecified atom stereocenters. The van der Waals surface area contributed by atoms with Crippen molar-refractivity contribution < 1.29 is 0 Å². The SMILES string of the molecule is CCSc1nnc(-c2ccc(C(C)(C)C)cc2)n1-c1ccc(Br)cc1. The number of halogens is 1. The molecule has 0 atom stereocenters. The van der Waals surface area contributed by atoms with Crippen molar-refractivity contribution in [3.05, 3.63) is 58.6 Å². The monoisotopic (exact) mass is 415 g/mol. The van der Waals surface area contributed by atoms with Crippen LogP contribution in [0.2, 0.25) is 0 Å². The second kappa shape index (κ2) is 7.34. The Morgan fingerprint density at radius 1 is 0.960 bits per heavy atom. The van der Waals surface area contributed by atoms with E-state index < -0.39 is 0 Å². The molecule has 0 saturated heterocycles. The largest absolute Gasteiger partial charge is 0.270 e. The van der Waals surface area contributed by atoms with Crippen molar-refractivity contribution in [1.29, 1.82) is 0 Å². The Kier molecular flexibility index (Phi) is 5.35. The maximum Gasteiger partial charge on any atom is 0.196 e. The molecule has 130 valence electrons. The minimum atomic E-state index is 0.140. The molecule has 0 aliphatic carbocycles. The van der Waals surface area contributed by atoms with Gasteiger partial charge in [-0.25, -0.2) is 0 Å². The van der Waals surface area contributed by atoms with Gasteiger partial charge in [-0.3, -0.25) is 4.57 Å². The lowest BCUT2D eigenvalue weighted by Crippen LogP contribution is -2.10. The molecule has 0 spiro atoms. The normalized spacial score (nSPS) is 11.7. The van der Waals surface area contributed by atoms with Crippen LogP contribution < -0.4 is 0 Å². The van der Waals surface area contributed by atoms with E-state index in [1.807, 2.05) is 12.1 Å². The number of hydrogen-bond donors (Lipinski definition) is 0. The molecular formula is C20H22BrN3S. The van der Waals surface area contributed by atoms with E-state index in [0.29, 0.717) is 0 Å². The summed E-state index contributed by atoms with van der Waals surface area (Å²) >= 11 is 5.20. The van der Waals surface area contributed by atoms with Crippen molar-refractivity contribution in [2.75, 3.05) is 5.75 Å². The van der Waals surface area contributed by atoms with Crippen LogP contribution in [0.4, 0.5) is 0 Å². The first kappa shape index (κ1) is 18.2. The van der Waals surface area contributed by atoms with Crippen LogP contribution in [0.15, 0.2) is 58.2 Å². The lowest BCUT2D eigenvalue weighted by atomic mass is 9.87. The maximum absolute atomic E-state index is 4.48. The first-order chi connectivity index (χ1) is 11.9. The van der Waals surface area contributed by atoms with Gasteiger partial charge in [-0.05, 0) is 41.0 Å². The molecule has 1 aromatic heterocycles. The molecule has 0 saturated carbocycles. The summed E-state index contributed by atoms with van der Waals surface area (Å²) in [5, 5.41) is 9.81. The standard InChI is InChI=1S/C20H22BrN3S/c1-5-25-19-23-22-18(24(19)17-12-10-16(21)11-13-17)14-6-8-15(9-7-14)20(2,3)4/h6-13H,5H2,1-4H3. The Balaban J connectivity index is 2.09.